The molecule has 0 aromatic heterocycles. The van der Waals surface area contributed by atoms with Crippen molar-refractivity contribution in [3.63, 3.8) is 0 Å². The third kappa shape index (κ3) is 2.69. The average Bonchev–Trinajstić information content (AvgIpc) is 2.88. The zero-order valence-electron chi connectivity index (χ0n) is 9.37. The highest BCUT2D eigenvalue weighted by molar-refractivity contribution is 5.76. The molecule has 4 nitrogen and oxygen atoms in total. The van der Waals surface area contributed by atoms with Crippen LogP contribution in [0.25, 0.3) is 0 Å². The van der Waals surface area contributed by atoms with Gasteiger partial charge in [-0.3, -0.25) is 4.79 Å². The summed E-state index contributed by atoms with van der Waals surface area (Å²) in [5, 5.41) is 3.29. The Labute approximate surface area is 91.0 Å². The first kappa shape index (κ1) is 10.9. The standard InChI is InChI=1S/C11H20N2O2/c1-13(10-3-5-15-8-10)11(14)6-9-2-4-12-7-9/h9-10,12H,2-8H2,1H3. The number of hydrogen-bond donors (Lipinski definition) is 1. The Balaban J connectivity index is 1.78. The molecule has 2 saturated heterocycles. The van der Waals surface area contributed by atoms with Gasteiger partial charge in [-0.1, -0.05) is 0 Å². The highest BCUT2D eigenvalue weighted by Gasteiger charge is 2.26. The van der Waals surface area contributed by atoms with Crippen molar-refractivity contribution < 1.29 is 9.53 Å². The van der Waals surface area contributed by atoms with Gasteiger partial charge in [0, 0.05) is 20.1 Å². The molecule has 0 spiro atoms. The van der Waals surface area contributed by atoms with Crippen LogP contribution >= 0.6 is 0 Å². The summed E-state index contributed by atoms with van der Waals surface area (Å²) in [5.74, 6) is 0.821. The monoisotopic (exact) mass is 212 g/mol. The third-order valence-corrected chi connectivity index (χ3v) is 3.47. The molecule has 15 heavy (non-hydrogen) atoms. The fourth-order valence-electron chi connectivity index (χ4n) is 2.31. The zero-order valence-corrected chi connectivity index (χ0v) is 9.37. The summed E-state index contributed by atoms with van der Waals surface area (Å²) >= 11 is 0. The van der Waals surface area contributed by atoms with Gasteiger partial charge in [-0.2, -0.15) is 0 Å². The minimum Gasteiger partial charge on any atom is -0.379 e. The Bertz CT molecular complexity index is 221. The van der Waals surface area contributed by atoms with E-state index in [4.69, 9.17) is 4.74 Å². The second-order valence-corrected chi connectivity index (χ2v) is 4.59. The van der Waals surface area contributed by atoms with E-state index in [2.05, 4.69) is 5.32 Å². The van der Waals surface area contributed by atoms with Crippen LogP contribution in [-0.4, -0.2) is 50.2 Å². The Hall–Kier alpha value is -0.610. The molecule has 2 aliphatic rings. The molecule has 0 aromatic rings. The predicted molar refractivity (Wildman–Crippen MR) is 57.6 cm³/mol. The number of carbonyl (C=O) groups excluding carboxylic acids is 1. The van der Waals surface area contributed by atoms with Gasteiger partial charge in [0.2, 0.25) is 5.91 Å². The van der Waals surface area contributed by atoms with Gasteiger partial charge in [-0.25, -0.2) is 0 Å². The topological polar surface area (TPSA) is 41.6 Å². The Kier molecular flexibility index (Phi) is 3.59. The molecule has 4 heteroatoms. The average molecular weight is 212 g/mol. The molecule has 86 valence electrons. The molecule has 0 aromatic carbocycles. The van der Waals surface area contributed by atoms with Crippen LogP contribution in [0.15, 0.2) is 0 Å². The van der Waals surface area contributed by atoms with Gasteiger partial charge in [0.1, 0.15) is 0 Å². The van der Waals surface area contributed by atoms with Gasteiger partial charge in [-0.15, -0.1) is 0 Å². The maximum Gasteiger partial charge on any atom is 0.222 e. The lowest BCUT2D eigenvalue weighted by atomic mass is 10.0. The van der Waals surface area contributed by atoms with Crippen molar-refractivity contribution in [2.24, 2.45) is 5.92 Å². The van der Waals surface area contributed by atoms with Crippen molar-refractivity contribution in [3.8, 4) is 0 Å². The second kappa shape index (κ2) is 4.94. The molecule has 0 aliphatic carbocycles. The number of rotatable bonds is 3. The Morgan fingerprint density at radius 1 is 1.53 bits per heavy atom. The van der Waals surface area contributed by atoms with Crippen LogP contribution in [0.3, 0.4) is 0 Å². The molecule has 2 rings (SSSR count). The van der Waals surface area contributed by atoms with E-state index in [1.54, 1.807) is 0 Å². The van der Waals surface area contributed by atoms with Crippen molar-refractivity contribution in [3.05, 3.63) is 0 Å². The molecule has 1 N–H and O–H groups in total. The summed E-state index contributed by atoms with van der Waals surface area (Å²) in [5.41, 5.74) is 0. The lowest BCUT2D eigenvalue weighted by Gasteiger charge is -2.24. The molecular formula is C11H20N2O2. The summed E-state index contributed by atoms with van der Waals surface area (Å²) in [7, 11) is 1.91. The van der Waals surface area contributed by atoms with Crippen LogP contribution in [0.5, 0.6) is 0 Å². The van der Waals surface area contributed by atoms with Crippen molar-refractivity contribution in [1.29, 1.82) is 0 Å². The van der Waals surface area contributed by atoms with E-state index in [0.717, 1.165) is 32.5 Å². The highest BCUT2D eigenvalue weighted by atomic mass is 16.5. The lowest BCUT2D eigenvalue weighted by molar-refractivity contribution is -0.132. The van der Waals surface area contributed by atoms with Crippen LogP contribution in [-0.2, 0) is 9.53 Å². The zero-order chi connectivity index (χ0) is 10.7. The van der Waals surface area contributed by atoms with E-state index in [0.29, 0.717) is 25.0 Å². The van der Waals surface area contributed by atoms with Crippen molar-refractivity contribution >= 4 is 5.91 Å². The lowest BCUT2D eigenvalue weighted by Crippen LogP contribution is -2.38. The molecular weight excluding hydrogens is 192 g/mol. The maximum atomic E-state index is 11.9. The van der Waals surface area contributed by atoms with Crippen molar-refractivity contribution in [2.75, 3.05) is 33.4 Å². The number of carbonyl (C=O) groups is 1. The summed E-state index contributed by atoms with van der Waals surface area (Å²) in [6.45, 7) is 3.58. The van der Waals surface area contributed by atoms with Gasteiger partial charge in [0.05, 0.1) is 12.6 Å². The summed E-state index contributed by atoms with van der Waals surface area (Å²) in [4.78, 5) is 13.8. The predicted octanol–water partition coefficient (Wildman–Crippen LogP) is 0.233. The Morgan fingerprint density at radius 2 is 2.40 bits per heavy atom. The second-order valence-electron chi connectivity index (χ2n) is 4.59. The quantitative estimate of drug-likeness (QED) is 0.728. The van der Waals surface area contributed by atoms with Crippen LogP contribution in [0, 0.1) is 5.92 Å². The van der Waals surface area contributed by atoms with Crippen LogP contribution in [0.2, 0.25) is 0 Å². The molecule has 2 atom stereocenters. The molecule has 2 unspecified atom stereocenters. The smallest absolute Gasteiger partial charge is 0.222 e. The van der Waals surface area contributed by atoms with Crippen LogP contribution in [0.4, 0.5) is 0 Å². The maximum absolute atomic E-state index is 11.9. The molecule has 2 aliphatic heterocycles. The first-order valence-electron chi connectivity index (χ1n) is 5.81. The summed E-state index contributed by atoms with van der Waals surface area (Å²) in [6, 6.07) is 0.312. The summed E-state index contributed by atoms with van der Waals surface area (Å²) < 4.78 is 5.29. The van der Waals surface area contributed by atoms with Gasteiger partial charge in [0.25, 0.3) is 0 Å². The number of nitrogens with zero attached hydrogens (tertiary/aromatic N) is 1. The summed E-state index contributed by atoms with van der Waals surface area (Å²) in [6.07, 6.45) is 2.83. The fourth-order valence-corrected chi connectivity index (χ4v) is 2.31. The minimum atomic E-state index is 0.277. The molecule has 2 fully saturated rings. The van der Waals surface area contributed by atoms with Crippen LogP contribution < -0.4 is 5.32 Å². The SMILES string of the molecule is CN(C(=O)CC1CCNC1)C1CCOC1. The van der Waals surface area contributed by atoms with E-state index < -0.39 is 0 Å². The third-order valence-electron chi connectivity index (χ3n) is 3.47. The normalized spacial score (nSPS) is 30.7. The molecule has 1 amide bonds. The molecule has 0 radical (unpaired) electrons. The van der Waals surface area contributed by atoms with Crippen molar-refractivity contribution in [1.82, 2.24) is 10.2 Å². The molecule has 2 heterocycles. The van der Waals surface area contributed by atoms with E-state index in [9.17, 15) is 4.79 Å². The minimum absolute atomic E-state index is 0.277. The van der Waals surface area contributed by atoms with E-state index in [-0.39, 0.29) is 5.91 Å². The van der Waals surface area contributed by atoms with Gasteiger partial charge in [-0.05, 0) is 31.8 Å². The first-order valence-corrected chi connectivity index (χ1v) is 5.81. The number of nitrogens with one attached hydrogen (secondary N) is 1. The van der Waals surface area contributed by atoms with Crippen molar-refractivity contribution in [2.45, 2.75) is 25.3 Å². The van der Waals surface area contributed by atoms with Crippen LogP contribution in [0.1, 0.15) is 19.3 Å². The van der Waals surface area contributed by atoms with E-state index in [1.165, 1.54) is 0 Å². The molecule has 0 saturated carbocycles. The van der Waals surface area contributed by atoms with Gasteiger partial charge >= 0.3 is 0 Å². The van der Waals surface area contributed by atoms with Gasteiger partial charge in [0.15, 0.2) is 0 Å². The molecule has 0 bridgehead atoms. The van der Waals surface area contributed by atoms with Gasteiger partial charge < -0.3 is 15.0 Å². The number of amides is 1. The van der Waals surface area contributed by atoms with E-state index >= 15 is 0 Å². The highest BCUT2D eigenvalue weighted by Crippen LogP contribution is 2.17. The first-order chi connectivity index (χ1) is 7.27. The number of hydrogen-bond acceptors (Lipinski definition) is 3. The Morgan fingerprint density at radius 3 is 3.00 bits per heavy atom. The number of likely N-dealkylation sites (N-methyl/N-ethyl adjacent to an activating group) is 1. The largest absolute Gasteiger partial charge is 0.379 e. The van der Waals surface area contributed by atoms with E-state index in [1.807, 2.05) is 11.9 Å². The number of ether oxygens (including phenoxy) is 1. The fraction of sp³-hybridized carbons (Fsp3) is 0.909.